The number of anilines is 2. The van der Waals surface area contributed by atoms with E-state index in [2.05, 4.69) is 22.3 Å². The molecule has 3 aliphatic rings. The summed E-state index contributed by atoms with van der Waals surface area (Å²) in [5.74, 6) is 0.857. The van der Waals surface area contributed by atoms with Gasteiger partial charge in [-0.25, -0.2) is 4.79 Å². The highest BCUT2D eigenvalue weighted by atomic mass is 35.5. The lowest BCUT2D eigenvalue weighted by molar-refractivity contribution is -0.120. The molecule has 32 heavy (non-hydrogen) atoms. The zero-order valence-electron chi connectivity index (χ0n) is 16.9. The number of rotatable bonds is 3. The van der Waals surface area contributed by atoms with Crippen molar-refractivity contribution in [1.29, 1.82) is 0 Å². The number of amidine groups is 1. The molecule has 10 heteroatoms. The maximum atomic E-state index is 12.6. The minimum absolute atomic E-state index is 0.0462. The number of hydrogen-bond donors (Lipinski definition) is 3. The molecule has 1 spiro atoms. The lowest BCUT2D eigenvalue weighted by Crippen LogP contribution is -2.45. The van der Waals surface area contributed by atoms with E-state index in [4.69, 9.17) is 33.7 Å². The van der Waals surface area contributed by atoms with E-state index in [1.165, 1.54) is 12.1 Å². The molecule has 4 N–H and O–H groups in total. The average molecular weight is 472 g/mol. The molecule has 0 atom stereocenters. The minimum atomic E-state index is -0.539. The molecule has 1 fully saturated rings. The predicted octanol–water partition coefficient (Wildman–Crippen LogP) is 4.87. The number of nitrogens with zero attached hydrogens (tertiary/aromatic N) is 2. The van der Waals surface area contributed by atoms with Gasteiger partial charge in [0, 0.05) is 5.69 Å². The van der Waals surface area contributed by atoms with E-state index < -0.39 is 11.4 Å². The molecule has 0 radical (unpaired) electrons. The van der Waals surface area contributed by atoms with E-state index in [0.717, 1.165) is 41.9 Å². The van der Waals surface area contributed by atoms with Gasteiger partial charge in [0.25, 0.3) is 0 Å². The fourth-order valence-corrected chi connectivity index (χ4v) is 5.00. The van der Waals surface area contributed by atoms with Crippen molar-refractivity contribution in [1.82, 2.24) is 5.32 Å². The van der Waals surface area contributed by atoms with Crippen molar-refractivity contribution in [2.24, 2.45) is 10.8 Å². The molecule has 5 rings (SSSR count). The Kier molecular flexibility index (Phi) is 4.79. The van der Waals surface area contributed by atoms with Crippen LogP contribution < -0.4 is 26.1 Å². The van der Waals surface area contributed by atoms with Gasteiger partial charge in [-0.3, -0.25) is 4.79 Å². The van der Waals surface area contributed by atoms with Crippen molar-refractivity contribution in [3.05, 3.63) is 58.2 Å². The van der Waals surface area contributed by atoms with Crippen molar-refractivity contribution >= 4 is 52.4 Å². The number of urea groups is 1. The Labute approximate surface area is 194 Å². The number of carbonyl (C=O) groups excluding carboxylic acids is 2. The summed E-state index contributed by atoms with van der Waals surface area (Å²) in [7, 11) is 0. The summed E-state index contributed by atoms with van der Waals surface area (Å²) >= 11 is 12.9. The van der Waals surface area contributed by atoms with Crippen LogP contribution in [0.25, 0.3) is 0 Å². The Balaban J connectivity index is 1.46. The quantitative estimate of drug-likeness (QED) is 0.593. The first-order chi connectivity index (χ1) is 15.3. The second-order valence-corrected chi connectivity index (χ2v) is 8.81. The van der Waals surface area contributed by atoms with E-state index in [1.807, 2.05) is 12.1 Å². The number of ether oxygens (including phenoxy) is 1. The molecule has 1 aliphatic carbocycles. The van der Waals surface area contributed by atoms with Crippen LogP contribution in [-0.4, -0.2) is 17.8 Å². The molecular weight excluding hydrogens is 453 g/mol. The van der Waals surface area contributed by atoms with Gasteiger partial charge in [0.05, 0.1) is 26.8 Å². The van der Waals surface area contributed by atoms with Crippen LogP contribution in [0.5, 0.6) is 11.5 Å². The molecule has 2 heterocycles. The highest BCUT2D eigenvalue weighted by Crippen LogP contribution is 2.50. The number of hydrogen-bond acceptors (Lipinski definition) is 5. The van der Waals surface area contributed by atoms with E-state index in [9.17, 15) is 9.59 Å². The molecule has 8 nitrogen and oxygen atoms in total. The van der Waals surface area contributed by atoms with Crippen LogP contribution >= 0.6 is 23.2 Å². The third-order valence-electron chi connectivity index (χ3n) is 6.06. The Morgan fingerprint density at radius 2 is 1.78 bits per heavy atom. The minimum Gasteiger partial charge on any atom is -0.454 e. The first-order valence-corrected chi connectivity index (χ1v) is 10.8. The second kappa shape index (κ2) is 7.43. The maximum Gasteiger partial charge on any atom is 0.347 e. The number of halogens is 2. The van der Waals surface area contributed by atoms with Crippen LogP contribution in [0.15, 0.2) is 47.7 Å². The van der Waals surface area contributed by atoms with Gasteiger partial charge < -0.3 is 21.1 Å². The number of amides is 3. The van der Waals surface area contributed by atoms with E-state index in [1.54, 1.807) is 6.07 Å². The maximum absolute atomic E-state index is 12.6. The fraction of sp³-hybridized carbons (Fsp3) is 0.227. The average Bonchev–Trinajstić information content (AvgIpc) is 3.34. The molecular formula is C22H19Cl2N5O3. The fourth-order valence-electron chi connectivity index (χ4n) is 4.45. The monoisotopic (exact) mass is 471 g/mol. The predicted molar refractivity (Wildman–Crippen MR) is 124 cm³/mol. The standard InChI is InChI=1S/C22H19Cl2N5O3/c1-11-19(25)28-29(21(31)26-11)12-8-15(23)18(16(24)9-12)32-13-4-5-17-14(10-13)22(20(30)27-17)6-2-3-7-22/h4-5,8-10H,1-3,6-7H2,(H2,25,28)(H,26,31)(H,27,30). The van der Waals surface area contributed by atoms with Gasteiger partial charge in [-0.15, -0.1) is 5.10 Å². The molecule has 2 aliphatic heterocycles. The number of fused-ring (bicyclic) bond motifs is 2. The lowest BCUT2D eigenvalue weighted by atomic mass is 9.80. The smallest absolute Gasteiger partial charge is 0.347 e. The molecule has 0 unspecified atom stereocenters. The van der Waals surface area contributed by atoms with Crippen LogP contribution in [0.4, 0.5) is 16.2 Å². The highest BCUT2D eigenvalue weighted by molar-refractivity contribution is 6.37. The summed E-state index contributed by atoms with van der Waals surface area (Å²) in [6, 6.07) is 7.92. The highest BCUT2D eigenvalue weighted by Gasteiger charge is 2.48. The topological polar surface area (TPSA) is 109 Å². The summed E-state index contributed by atoms with van der Waals surface area (Å²) in [6.45, 7) is 3.61. The van der Waals surface area contributed by atoms with Crippen LogP contribution in [0, 0.1) is 0 Å². The Morgan fingerprint density at radius 3 is 2.47 bits per heavy atom. The van der Waals surface area contributed by atoms with E-state index in [-0.39, 0.29) is 33.2 Å². The summed E-state index contributed by atoms with van der Waals surface area (Å²) in [4.78, 5) is 24.9. The summed E-state index contributed by atoms with van der Waals surface area (Å²) in [5.41, 5.74) is 7.54. The van der Waals surface area contributed by atoms with Crippen molar-refractivity contribution < 1.29 is 14.3 Å². The number of nitrogens with one attached hydrogen (secondary N) is 2. The van der Waals surface area contributed by atoms with Crippen molar-refractivity contribution in [2.75, 3.05) is 10.3 Å². The van der Waals surface area contributed by atoms with E-state index >= 15 is 0 Å². The van der Waals surface area contributed by atoms with Gasteiger partial charge in [-0.1, -0.05) is 42.6 Å². The van der Waals surface area contributed by atoms with Crippen LogP contribution in [0.3, 0.4) is 0 Å². The summed E-state index contributed by atoms with van der Waals surface area (Å²) in [5, 5.41) is 10.9. The van der Waals surface area contributed by atoms with Gasteiger partial charge in [0.15, 0.2) is 11.6 Å². The molecule has 2 aromatic rings. The van der Waals surface area contributed by atoms with Crippen LogP contribution in [0.1, 0.15) is 31.2 Å². The molecule has 0 aromatic heterocycles. The number of hydrazone groups is 1. The van der Waals surface area contributed by atoms with Crippen molar-refractivity contribution in [3.8, 4) is 11.5 Å². The van der Waals surface area contributed by atoms with Gasteiger partial charge in [0.1, 0.15) is 5.75 Å². The van der Waals surface area contributed by atoms with Gasteiger partial charge >= 0.3 is 6.03 Å². The SMILES string of the molecule is C=C1NC(=O)N(c2cc(Cl)c(Oc3ccc4c(c3)C3(CCCC3)C(=O)N4)c(Cl)c2)N=C1N. The van der Waals surface area contributed by atoms with Gasteiger partial charge in [-0.05, 0) is 48.7 Å². The molecule has 164 valence electrons. The number of benzene rings is 2. The van der Waals surface area contributed by atoms with Crippen LogP contribution in [0.2, 0.25) is 10.0 Å². The first kappa shape index (κ1) is 20.7. The molecule has 3 amide bonds. The summed E-state index contributed by atoms with van der Waals surface area (Å²) in [6.07, 6.45) is 3.67. The van der Waals surface area contributed by atoms with Crippen molar-refractivity contribution in [3.63, 3.8) is 0 Å². The third kappa shape index (κ3) is 3.18. The number of nitrogens with two attached hydrogens (primary N) is 1. The molecule has 0 bridgehead atoms. The zero-order chi connectivity index (χ0) is 22.6. The Bertz CT molecular complexity index is 1200. The second-order valence-electron chi connectivity index (χ2n) is 8.00. The first-order valence-electron chi connectivity index (χ1n) is 10.1. The Hall–Kier alpha value is -3.23. The molecule has 1 saturated carbocycles. The van der Waals surface area contributed by atoms with E-state index in [0.29, 0.717) is 11.4 Å². The normalized spacial score (nSPS) is 19.0. The largest absolute Gasteiger partial charge is 0.454 e. The van der Waals surface area contributed by atoms with Crippen LogP contribution in [-0.2, 0) is 10.2 Å². The zero-order valence-corrected chi connectivity index (χ0v) is 18.4. The summed E-state index contributed by atoms with van der Waals surface area (Å²) < 4.78 is 6.01. The van der Waals surface area contributed by atoms with Gasteiger partial charge in [-0.2, -0.15) is 5.01 Å². The lowest BCUT2D eigenvalue weighted by Gasteiger charge is -2.24. The number of carbonyl (C=O) groups is 2. The molecule has 0 saturated heterocycles. The van der Waals surface area contributed by atoms with Crippen molar-refractivity contribution in [2.45, 2.75) is 31.1 Å². The third-order valence-corrected chi connectivity index (χ3v) is 6.62. The van der Waals surface area contributed by atoms with Gasteiger partial charge in [0.2, 0.25) is 5.91 Å². The molecule has 2 aromatic carbocycles. The Morgan fingerprint density at radius 1 is 1.09 bits per heavy atom.